The standard InChI is InChI=1S/C16H21N3O4S2/c1-19(2)25(22,23)16-6-4-3-5-15(16)24(20,21)18-12-11-13-7-9-14(17)10-8-13/h3-10,18H,11-12,17H2,1-2H3. The molecule has 0 fully saturated rings. The Kier molecular flexibility index (Phi) is 5.83. The number of rotatable bonds is 7. The van der Waals surface area contributed by atoms with Crippen LogP contribution >= 0.6 is 0 Å². The van der Waals surface area contributed by atoms with Crippen LogP contribution in [0.1, 0.15) is 5.56 Å². The van der Waals surface area contributed by atoms with Crippen molar-refractivity contribution < 1.29 is 16.8 Å². The fourth-order valence-electron chi connectivity index (χ4n) is 2.17. The lowest BCUT2D eigenvalue weighted by molar-refractivity contribution is 0.516. The van der Waals surface area contributed by atoms with E-state index < -0.39 is 20.0 Å². The molecule has 25 heavy (non-hydrogen) atoms. The van der Waals surface area contributed by atoms with Crippen molar-refractivity contribution in [2.45, 2.75) is 16.2 Å². The van der Waals surface area contributed by atoms with Crippen molar-refractivity contribution in [3.63, 3.8) is 0 Å². The van der Waals surface area contributed by atoms with Gasteiger partial charge in [0.05, 0.1) is 0 Å². The molecule has 0 saturated carbocycles. The number of sulfonamides is 2. The van der Waals surface area contributed by atoms with Crippen LogP contribution in [0.5, 0.6) is 0 Å². The molecule has 0 unspecified atom stereocenters. The van der Waals surface area contributed by atoms with Gasteiger partial charge in [0.15, 0.2) is 0 Å². The highest BCUT2D eigenvalue weighted by molar-refractivity contribution is 7.92. The van der Waals surface area contributed by atoms with Crippen LogP contribution in [-0.4, -0.2) is 41.8 Å². The summed E-state index contributed by atoms with van der Waals surface area (Å²) in [5.74, 6) is 0. The second-order valence-corrected chi connectivity index (χ2v) is 9.48. The molecule has 0 amide bonds. The summed E-state index contributed by atoms with van der Waals surface area (Å²) in [6, 6.07) is 12.6. The number of hydrogen-bond acceptors (Lipinski definition) is 5. The molecule has 0 aliphatic rings. The Morgan fingerprint density at radius 1 is 0.920 bits per heavy atom. The van der Waals surface area contributed by atoms with Gasteiger partial charge in [0, 0.05) is 26.3 Å². The third-order valence-corrected chi connectivity index (χ3v) is 7.10. The Bertz CT molecular complexity index is 938. The number of nitrogens with one attached hydrogen (secondary N) is 1. The lowest BCUT2D eigenvalue weighted by atomic mass is 10.1. The van der Waals surface area contributed by atoms with Crippen LogP contribution in [0, 0.1) is 0 Å². The van der Waals surface area contributed by atoms with E-state index in [9.17, 15) is 16.8 Å². The van der Waals surface area contributed by atoms with Gasteiger partial charge in [0.2, 0.25) is 20.0 Å². The third-order valence-electron chi connectivity index (χ3n) is 3.58. The summed E-state index contributed by atoms with van der Waals surface area (Å²) >= 11 is 0. The molecule has 0 spiro atoms. The second-order valence-electron chi connectivity index (χ2n) is 5.62. The highest BCUT2D eigenvalue weighted by Crippen LogP contribution is 2.22. The Morgan fingerprint density at radius 3 is 2.04 bits per heavy atom. The van der Waals surface area contributed by atoms with Crippen LogP contribution in [-0.2, 0) is 26.5 Å². The van der Waals surface area contributed by atoms with Crippen molar-refractivity contribution >= 4 is 25.7 Å². The smallest absolute Gasteiger partial charge is 0.243 e. The average Bonchev–Trinajstić information content (AvgIpc) is 2.56. The number of anilines is 1. The van der Waals surface area contributed by atoms with Gasteiger partial charge in [-0.05, 0) is 36.2 Å². The Hall–Kier alpha value is -1.94. The summed E-state index contributed by atoms with van der Waals surface area (Å²) in [5.41, 5.74) is 7.16. The maximum atomic E-state index is 12.6. The van der Waals surface area contributed by atoms with Gasteiger partial charge in [-0.15, -0.1) is 0 Å². The first-order chi connectivity index (χ1) is 11.6. The molecule has 136 valence electrons. The average molecular weight is 383 g/mol. The van der Waals surface area contributed by atoms with Crippen molar-refractivity contribution in [1.82, 2.24) is 9.03 Å². The highest BCUT2D eigenvalue weighted by atomic mass is 32.2. The van der Waals surface area contributed by atoms with Crippen molar-refractivity contribution in [1.29, 1.82) is 0 Å². The lowest BCUT2D eigenvalue weighted by Crippen LogP contribution is -2.29. The number of nitrogens with zero attached hydrogens (tertiary/aromatic N) is 1. The molecular formula is C16H21N3O4S2. The summed E-state index contributed by atoms with van der Waals surface area (Å²) in [6.45, 7) is 0.141. The van der Waals surface area contributed by atoms with Gasteiger partial charge < -0.3 is 5.73 Å². The van der Waals surface area contributed by atoms with Crippen LogP contribution in [0.3, 0.4) is 0 Å². The zero-order chi connectivity index (χ0) is 18.7. The summed E-state index contributed by atoms with van der Waals surface area (Å²) in [5, 5.41) is 0. The summed E-state index contributed by atoms with van der Waals surface area (Å²) in [7, 11) is -5.13. The van der Waals surface area contributed by atoms with E-state index in [1.807, 2.05) is 12.1 Å². The van der Waals surface area contributed by atoms with Gasteiger partial charge in [-0.3, -0.25) is 0 Å². The van der Waals surface area contributed by atoms with Crippen LogP contribution in [0.25, 0.3) is 0 Å². The molecular weight excluding hydrogens is 362 g/mol. The highest BCUT2D eigenvalue weighted by Gasteiger charge is 2.27. The maximum absolute atomic E-state index is 12.6. The van der Waals surface area contributed by atoms with E-state index in [4.69, 9.17) is 5.73 Å². The maximum Gasteiger partial charge on any atom is 0.243 e. The topological polar surface area (TPSA) is 110 Å². The summed E-state index contributed by atoms with van der Waals surface area (Å²) in [6.07, 6.45) is 0.460. The van der Waals surface area contributed by atoms with Crippen molar-refractivity contribution in [3.05, 3.63) is 54.1 Å². The quantitative estimate of drug-likeness (QED) is 0.694. The summed E-state index contributed by atoms with van der Waals surface area (Å²) < 4.78 is 53.2. The minimum absolute atomic E-state index is 0.141. The van der Waals surface area contributed by atoms with Gasteiger partial charge >= 0.3 is 0 Å². The number of hydrogen-bond donors (Lipinski definition) is 2. The van der Waals surface area contributed by atoms with E-state index in [2.05, 4.69) is 4.72 Å². The van der Waals surface area contributed by atoms with E-state index in [0.717, 1.165) is 9.87 Å². The van der Waals surface area contributed by atoms with E-state index in [-0.39, 0.29) is 16.3 Å². The molecule has 0 saturated heterocycles. The molecule has 2 aromatic carbocycles. The van der Waals surface area contributed by atoms with Gasteiger partial charge in [0.25, 0.3) is 0 Å². The molecule has 0 aliphatic heterocycles. The Labute approximate surface area is 148 Å². The molecule has 9 heteroatoms. The normalized spacial score (nSPS) is 12.4. The zero-order valence-corrected chi connectivity index (χ0v) is 15.6. The van der Waals surface area contributed by atoms with Crippen LogP contribution in [0.2, 0.25) is 0 Å². The minimum Gasteiger partial charge on any atom is -0.399 e. The van der Waals surface area contributed by atoms with Gasteiger partial charge in [0.1, 0.15) is 9.79 Å². The molecule has 0 atom stereocenters. The van der Waals surface area contributed by atoms with E-state index in [1.165, 1.54) is 38.4 Å². The first kappa shape index (κ1) is 19.4. The fourth-order valence-corrected chi connectivity index (χ4v) is 4.90. The van der Waals surface area contributed by atoms with Crippen LogP contribution in [0.4, 0.5) is 5.69 Å². The molecule has 7 nitrogen and oxygen atoms in total. The summed E-state index contributed by atoms with van der Waals surface area (Å²) in [4.78, 5) is -0.513. The molecule has 0 heterocycles. The first-order valence-corrected chi connectivity index (χ1v) is 10.4. The minimum atomic E-state index is -3.97. The van der Waals surface area contributed by atoms with Crippen molar-refractivity contribution in [3.8, 4) is 0 Å². The predicted octanol–water partition coefficient (Wildman–Crippen LogP) is 1.04. The second kappa shape index (κ2) is 7.52. The van der Waals surface area contributed by atoms with Crippen LogP contribution in [0.15, 0.2) is 58.3 Å². The van der Waals surface area contributed by atoms with E-state index in [1.54, 1.807) is 12.1 Å². The van der Waals surface area contributed by atoms with Gasteiger partial charge in [-0.25, -0.2) is 25.9 Å². The largest absolute Gasteiger partial charge is 0.399 e. The molecule has 2 rings (SSSR count). The monoisotopic (exact) mass is 383 g/mol. The fraction of sp³-hybridized carbons (Fsp3) is 0.250. The Morgan fingerprint density at radius 2 is 1.48 bits per heavy atom. The molecule has 0 radical (unpaired) electrons. The Balaban J connectivity index is 2.21. The van der Waals surface area contributed by atoms with E-state index in [0.29, 0.717) is 12.1 Å². The molecule has 0 aliphatic carbocycles. The van der Waals surface area contributed by atoms with E-state index >= 15 is 0 Å². The van der Waals surface area contributed by atoms with Crippen molar-refractivity contribution in [2.75, 3.05) is 26.4 Å². The van der Waals surface area contributed by atoms with Crippen molar-refractivity contribution in [2.24, 2.45) is 0 Å². The SMILES string of the molecule is CN(C)S(=O)(=O)c1ccccc1S(=O)(=O)NCCc1ccc(N)cc1. The molecule has 0 aromatic heterocycles. The molecule has 0 bridgehead atoms. The lowest BCUT2D eigenvalue weighted by Gasteiger charge is -2.15. The zero-order valence-electron chi connectivity index (χ0n) is 14.0. The number of nitrogen functional groups attached to an aromatic ring is 1. The molecule has 3 N–H and O–H groups in total. The van der Waals surface area contributed by atoms with Gasteiger partial charge in [-0.2, -0.15) is 0 Å². The first-order valence-electron chi connectivity index (χ1n) is 7.50. The number of benzene rings is 2. The molecule has 2 aromatic rings. The number of nitrogens with two attached hydrogens (primary N) is 1. The van der Waals surface area contributed by atoms with Gasteiger partial charge in [-0.1, -0.05) is 24.3 Å². The third kappa shape index (κ3) is 4.57. The predicted molar refractivity (Wildman–Crippen MR) is 97.1 cm³/mol. The van der Waals surface area contributed by atoms with Crippen LogP contribution < -0.4 is 10.5 Å².